The van der Waals surface area contributed by atoms with Crippen LogP contribution < -0.4 is 11.3 Å². The van der Waals surface area contributed by atoms with E-state index < -0.39 is 0 Å². The van der Waals surface area contributed by atoms with Crippen molar-refractivity contribution in [3.8, 4) is 0 Å². The standard InChI is InChI=1S/C16H28N4O/c1-7-12(8-2)20(6)15(21)11-9-13(16(3,4)5)18-14(10-11)19-17/h9-10,12H,7-8,17H2,1-6H3,(H,18,19). The Kier molecular flexibility index (Phi) is 5.72. The number of nitrogens with two attached hydrogens (primary N) is 1. The van der Waals surface area contributed by atoms with E-state index in [4.69, 9.17) is 5.84 Å². The number of hydrazine groups is 1. The van der Waals surface area contributed by atoms with Gasteiger partial charge in [-0.05, 0) is 25.0 Å². The first-order valence-corrected chi connectivity index (χ1v) is 7.50. The SMILES string of the molecule is CCC(CC)N(C)C(=O)c1cc(NN)nc(C(C)(C)C)c1. The first kappa shape index (κ1) is 17.4. The van der Waals surface area contributed by atoms with E-state index in [1.165, 1.54) is 0 Å². The lowest BCUT2D eigenvalue weighted by molar-refractivity contribution is 0.0723. The summed E-state index contributed by atoms with van der Waals surface area (Å²) in [5.74, 6) is 6.01. The first-order chi connectivity index (χ1) is 9.74. The number of hydrogen-bond donors (Lipinski definition) is 2. The summed E-state index contributed by atoms with van der Waals surface area (Å²) in [4.78, 5) is 18.9. The summed E-state index contributed by atoms with van der Waals surface area (Å²) in [5, 5.41) is 0. The van der Waals surface area contributed by atoms with Gasteiger partial charge in [0.2, 0.25) is 0 Å². The molecule has 0 spiro atoms. The maximum absolute atomic E-state index is 12.7. The number of carbonyl (C=O) groups excluding carboxylic acids is 1. The molecule has 0 atom stereocenters. The lowest BCUT2D eigenvalue weighted by atomic mass is 9.90. The number of nitrogens with one attached hydrogen (secondary N) is 1. The average Bonchev–Trinajstić information content (AvgIpc) is 2.46. The molecule has 1 aromatic heterocycles. The van der Waals surface area contributed by atoms with Crippen molar-refractivity contribution < 1.29 is 4.79 Å². The summed E-state index contributed by atoms with van der Waals surface area (Å²) < 4.78 is 0. The fourth-order valence-electron chi connectivity index (χ4n) is 2.32. The van der Waals surface area contributed by atoms with Crippen molar-refractivity contribution in [2.24, 2.45) is 5.84 Å². The summed E-state index contributed by atoms with van der Waals surface area (Å²) >= 11 is 0. The molecule has 0 fully saturated rings. The van der Waals surface area contributed by atoms with Crippen LogP contribution >= 0.6 is 0 Å². The van der Waals surface area contributed by atoms with Crippen LogP contribution in [0.1, 0.15) is 63.5 Å². The highest BCUT2D eigenvalue weighted by Crippen LogP contribution is 2.24. The highest BCUT2D eigenvalue weighted by molar-refractivity contribution is 5.95. The van der Waals surface area contributed by atoms with Gasteiger partial charge in [-0.1, -0.05) is 34.6 Å². The van der Waals surface area contributed by atoms with Crippen LogP contribution in [-0.2, 0) is 5.41 Å². The van der Waals surface area contributed by atoms with Crippen molar-refractivity contribution in [2.75, 3.05) is 12.5 Å². The number of rotatable bonds is 5. The molecule has 21 heavy (non-hydrogen) atoms. The number of amides is 1. The number of anilines is 1. The van der Waals surface area contributed by atoms with Crippen LogP contribution in [0.15, 0.2) is 12.1 Å². The van der Waals surface area contributed by atoms with Crippen molar-refractivity contribution in [3.63, 3.8) is 0 Å². The molecule has 0 aromatic carbocycles. The smallest absolute Gasteiger partial charge is 0.254 e. The molecule has 0 radical (unpaired) electrons. The maximum atomic E-state index is 12.7. The average molecular weight is 292 g/mol. The van der Waals surface area contributed by atoms with E-state index in [1.807, 2.05) is 18.0 Å². The topological polar surface area (TPSA) is 71.2 Å². The van der Waals surface area contributed by atoms with Gasteiger partial charge in [-0.15, -0.1) is 0 Å². The normalized spacial score (nSPS) is 11.6. The monoisotopic (exact) mass is 292 g/mol. The molecule has 118 valence electrons. The van der Waals surface area contributed by atoms with E-state index in [9.17, 15) is 4.79 Å². The van der Waals surface area contributed by atoms with E-state index in [1.54, 1.807) is 6.07 Å². The number of pyridine rings is 1. The Morgan fingerprint density at radius 2 is 1.90 bits per heavy atom. The van der Waals surface area contributed by atoms with Crippen molar-refractivity contribution in [3.05, 3.63) is 23.4 Å². The van der Waals surface area contributed by atoms with Crippen LogP contribution in [0.3, 0.4) is 0 Å². The van der Waals surface area contributed by atoms with Gasteiger partial charge in [0.1, 0.15) is 5.82 Å². The number of nitrogen functional groups attached to an aromatic ring is 1. The van der Waals surface area contributed by atoms with Gasteiger partial charge in [0, 0.05) is 29.8 Å². The zero-order valence-electron chi connectivity index (χ0n) is 14.0. The van der Waals surface area contributed by atoms with Crippen LogP contribution in [0, 0.1) is 0 Å². The van der Waals surface area contributed by atoms with Crippen LogP contribution in [0.25, 0.3) is 0 Å². The third-order valence-electron chi connectivity index (χ3n) is 3.80. The summed E-state index contributed by atoms with van der Waals surface area (Å²) in [6.07, 6.45) is 1.88. The lowest BCUT2D eigenvalue weighted by Gasteiger charge is -2.27. The fourth-order valence-corrected chi connectivity index (χ4v) is 2.32. The minimum atomic E-state index is -0.143. The van der Waals surface area contributed by atoms with Gasteiger partial charge in [0.15, 0.2) is 0 Å². The van der Waals surface area contributed by atoms with E-state index in [-0.39, 0.29) is 17.4 Å². The van der Waals surface area contributed by atoms with Crippen LogP contribution in [-0.4, -0.2) is 28.9 Å². The van der Waals surface area contributed by atoms with Crippen LogP contribution in [0.5, 0.6) is 0 Å². The minimum Gasteiger partial charge on any atom is -0.339 e. The minimum absolute atomic E-state index is 0.00750. The molecule has 0 saturated carbocycles. The molecule has 0 aliphatic heterocycles. The highest BCUT2D eigenvalue weighted by atomic mass is 16.2. The molecular weight excluding hydrogens is 264 g/mol. The Balaban J connectivity index is 3.20. The van der Waals surface area contributed by atoms with Gasteiger partial charge in [-0.25, -0.2) is 10.8 Å². The first-order valence-electron chi connectivity index (χ1n) is 7.50. The molecule has 1 amide bonds. The molecule has 1 aromatic rings. The van der Waals surface area contributed by atoms with Gasteiger partial charge in [-0.3, -0.25) is 4.79 Å². The molecular formula is C16H28N4O. The van der Waals surface area contributed by atoms with Gasteiger partial charge in [0.25, 0.3) is 5.91 Å². The van der Waals surface area contributed by atoms with Crippen molar-refractivity contribution >= 4 is 11.7 Å². The van der Waals surface area contributed by atoms with Gasteiger partial charge >= 0.3 is 0 Å². The quantitative estimate of drug-likeness (QED) is 0.646. The number of nitrogens with zero attached hydrogens (tertiary/aromatic N) is 2. The van der Waals surface area contributed by atoms with Crippen LogP contribution in [0.2, 0.25) is 0 Å². The maximum Gasteiger partial charge on any atom is 0.254 e. The molecule has 0 bridgehead atoms. The second-order valence-electron chi connectivity index (χ2n) is 6.41. The van der Waals surface area contributed by atoms with Crippen LogP contribution in [0.4, 0.5) is 5.82 Å². The number of carbonyl (C=O) groups is 1. The molecule has 1 heterocycles. The number of hydrogen-bond acceptors (Lipinski definition) is 4. The second kappa shape index (κ2) is 6.89. The summed E-state index contributed by atoms with van der Waals surface area (Å²) in [5.41, 5.74) is 3.87. The predicted octanol–water partition coefficient (Wildman–Crippen LogP) is 2.93. The van der Waals surface area contributed by atoms with Crippen molar-refractivity contribution in [1.29, 1.82) is 0 Å². The van der Waals surface area contributed by atoms with E-state index in [0.717, 1.165) is 18.5 Å². The summed E-state index contributed by atoms with van der Waals surface area (Å²) in [6.45, 7) is 10.4. The van der Waals surface area contributed by atoms with E-state index >= 15 is 0 Å². The summed E-state index contributed by atoms with van der Waals surface area (Å²) in [6, 6.07) is 3.82. The van der Waals surface area contributed by atoms with E-state index in [0.29, 0.717) is 11.4 Å². The molecule has 3 N–H and O–H groups in total. The Hall–Kier alpha value is -1.62. The Morgan fingerprint density at radius 1 is 1.33 bits per heavy atom. The zero-order valence-corrected chi connectivity index (χ0v) is 14.0. The summed E-state index contributed by atoms with van der Waals surface area (Å²) in [7, 11) is 1.85. The van der Waals surface area contributed by atoms with Crippen molar-refractivity contribution in [1.82, 2.24) is 9.88 Å². The molecule has 1 rings (SSSR count). The highest BCUT2D eigenvalue weighted by Gasteiger charge is 2.23. The molecule has 0 aliphatic carbocycles. The second-order valence-corrected chi connectivity index (χ2v) is 6.41. The Bertz CT molecular complexity index is 490. The number of aromatic nitrogens is 1. The molecule has 0 aliphatic rings. The predicted molar refractivity (Wildman–Crippen MR) is 87.2 cm³/mol. The molecule has 0 unspecified atom stereocenters. The largest absolute Gasteiger partial charge is 0.339 e. The molecule has 5 nitrogen and oxygen atoms in total. The lowest BCUT2D eigenvalue weighted by Crippen LogP contribution is -2.36. The third-order valence-corrected chi connectivity index (χ3v) is 3.80. The van der Waals surface area contributed by atoms with Gasteiger partial charge < -0.3 is 10.3 Å². The van der Waals surface area contributed by atoms with Gasteiger partial charge in [0.05, 0.1) is 0 Å². The van der Waals surface area contributed by atoms with E-state index in [2.05, 4.69) is 45.0 Å². The van der Waals surface area contributed by atoms with Gasteiger partial charge in [-0.2, -0.15) is 0 Å². The molecule has 5 heteroatoms. The Labute approximate surface area is 127 Å². The Morgan fingerprint density at radius 3 is 2.33 bits per heavy atom. The third kappa shape index (κ3) is 4.17. The van der Waals surface area contributed by atoms with Crippen molar-refractivity contribution in [2.45, 2.75) is 58.9 Å². The zero-order chi connectivity index (χ0) is 16.2. The molecule has 0 saturated heterocycles. The fraction of sp³-hybridized carbons (Fsp3) is 0.625.